The number of unbranched alkanes of at least 4 members (excludes halogenated alkanes) is 2. The topological polar surface area (TPSA) is 34.9 Å². The zero-order valence-electron chi connectivity index (χ0n) is 12.4. The van der Waals surface area contributed by atoms with Crippen LogP contribution >= 0.6 is 15.9 Å². The Bertz CT molecular complexity index is 578. The maximum Gasteiger partial charge on any atom is 0.138 e. The lowest BCUT2D eigenvalue weighted by molar-refractivity contribution is -0.118. The summed E-state index contributed by atoms with van der Waals surface area (Å²) in [5.41, 5.74) is 3.00. The Labute approximate surface area is 134 Å². The van der Waals surface area contributed by atoms with Gasteiger partial charge in [0.05, 0.1) is 5.69 Å². The summed E-state index contributed by atoms with van der Waals surface area (Å²) in [6.07, 6.45) is 4.37. The molecular weight excluding hydrogens is 328 g/mol. The molecule has 0 unspecified atom stereocenters. The second kappa shape index (κ2) is 8.13. The number of Topliss-reactive ketones (excluding diaryl/α,β-unsaturated/α-hetero) is 1. The monoisotopic (exact) mass is 348 g/mol. The average molecular weight is 349 g/mol. The van der Waals surface area contributed by atoms with Gasteiger partial charge >= 0.3 is 0 Å². The van der Waals surface area contributed by atoms with Crippen LogP contribution in [0.4, 0.5) is 0 Å². The molecule has 0 saturated heterocycles. The first-order valence-corrected chi connectivity index (χ1v) is 8.49. The highest BCUT2D eigenvalue weighted by Crippen LogP contribution is 2.19. The molecule has 0 bridgehead atoms. The van der Waals surface area contributed by atoms with E-state index in [0.29, 0.717) is 18.6 Å². The molecule has 0 fully saturated rings. The predicted octanol–water partition coefficient (Wildman–Crippen LogP) is 4.15. The van der Waals surface area contributed by atoms with Crippen molar-refractivity contribution >= 4 is 21.7 Å². The number of aryl methyl sites for hydroxylation is 1. The number of hydrogen-bond acceptors (Lipinski definition) is 2. The van der Waals surface area contributed by atoms with Crippen LogP contribution in [-0.2, 0) is 18.3 Å². The van der Waals surface area contributed by atoms with E-state index < -0.39 is 0 Å². The molecule has 4 heteroatoms. The zero-order chi connectivity index (χ0) is 15.1. The quantitative estimate of drug-likeness (QED) is 0.530. The molecule has 1 heterocycles. The number of rotatable bonds is 8. The summed E-state index contributed by atoms with van der Waals surface area (Å²) in [6.45, 7) is 0. The van der Waals surface area contributed by atoms with E-state index in [-0.39, 0.29) is 0 Å². The van der Waals surface area contributed by atoms with Crippen LogP contribution < -0.4 is 0 Å². The predicted molar refractivity (Wildman–Crippen MR) is 89.6 cm³/mol. The Balaban J connectivity index is 1.95. The SMILES string of the molecule is Cn1nc(-c2ccccc2)cc1CC(=O)CCCCCBr. The number of carbonyl (C=O) groups is 1. The highest BCUT2D eigenvalue weighted by Gasteiger charge is 2.10. The van der Waals surface area contributed by atoms with Gasteiger partial charge in [-0.05, 0) is 18.9 Å². The van der Waals surface area contributed by atoms with Crippen molar-refractivity contribution in [1.82, 2.24) is 9.78 Å². The van der Waals surface area contributed by atoms with E-state index in [1.54, 1.807) is 0 Å². The number of halogens is 1. The summed E-state index contributed by atoms with van der Waals surface area (Å²) in [4.78, 5) is 12.0. The molecule has 1 aromatic carbocycles. The number of aromatic nitrogens is 2. The standard InChI is InChI=1S/C17H21BrN2O/c1-20-15(12-16(21)10-6-3-7-11-18)13-17(19-20)14-8-4-2-5-9-14/h2,4-5,8-9,13H,3,6-7,10-12H2,1H3. The lowest BCUT2D eigenvalue weighted by Gasteiger charge is -2.01. The normalized spacial score (nSPS) is 10.8. The minimum Gasteiger partial charge on any atom is -0.299 e. The molecule has 2 rings (SSSR count). The maximum absolute atomic E-state index is 12.0. The van der Waals surface area contributed by atoms with E-state index >= 15 is 0 Å². The Kier molecular flexibility index (Phi) is 6.18. The van der Waals surface area contributed by atoms with Gasteiger partial charge in [0.15, 0.2) is 0 Å². The third-order valence-corrected chi connectivity index (χ3v) is 4.07. The number of hydrogen-bond donors (Lipinski definition) is 0. The third kappa shape index (κ3) is 4.81. The Morgan fingerprint density at radius 1 is 1.19 bits per heavy atom. The van der Waals surface area contributed by atoms with Crippen molar-refractivity contribution in [3.8, 4) is 11.3 Å². The first kappa shape index (κ1) is 16.0. The second-order valence-corrected chi connectivity index (χ2v) is 6.02. The van der Waals surface area contributed by atoms with Crippen LogP contribution in [-0.4, -0.2) is 20.9 Å². The number of benzene rings is 1. The van der Waals surface area contributed by atoms with Crippen molar-refractivity contribution in [2.75, 3.05) is 5.33 Å². The van der Waals surface area contributed by atoms with Gasteiger partial charge in [-0.1, -0.05) is 52.7 Å². The summed E-state index contributed by atoms with van der Waals surface area (Å²) in [5, 5.41) is 5.52. The highest BCUT2D eigenvalue weighted by molar-refractivity contribution is 9.09. The lowest BCUT2D eigenvalue weighted by atomic mass is 10.1. The van der Waals surface area contributed by atoms with Gasteiger partial charge < -0.3 is 0 Å². The van der Waals surface area contributed by atoms with Crippen molar-refractivity contribution in [2.45, 2.75) is 32.1 Å². The Morgan fingerprint density at radius 2 is 1.95 bits per heavy atom. The molecule has 1 aromatic heterocycles. The van der Waals surface area contributed by atoms with Crippen LogP contribution in [0.15, 0.2) is 36.4 Å². The van der Waals surface area contributed by atoms with E-state index in [0.717, 1.165) is 41.5 Å². The van der Waals surface area contributed by atoms with Crippen molar-refractivity contribution in [3.05, 3.63) is 42.1 Å². The van der Waals surface area contributed by atoms with Crippen molar-refractivity contribution in [2.24, 2.45) is 7.05 Å². The first-order valence-electron chi connectivity index (χ1n) is 7.36. The van der Waals surface area contributed by atoms with Crippen LogP contribution in [0.2, 0.25) is 0 Å². The van der Waals surface area contributed by atoms with Crippen LogP contribution in [0.1, 0.15) is 31.4 Å². The van der Waals surface area contributed by atoms with Gasteiger partial charge in [0.25, 0.3) is 0 Å². The lowest BCUT2D eigenvalue weighted by Crippen LogP contribution is -2.07. The van der Waals surface area contributed by atoms with Gasteiger partial charge in [-0.25, -0.2) is 0 Å². The minimum absolute atomic E-state index is 0.298. The van der Waals surface area contributed by atoms with Crippen LogP contribution in [0.5, 0.6) is 0 Å². The fourth-order valence-corrected chi connectivity index (χ4v) is 2.70. The number of nitrogens with zero attached hydrogens (tertiary/aromatic N) is 2. The Morgan fingerprint density at radius 3 is 2.67 bits per heavy atom. The molecular formula is C17H21BrN2O. The van der Waals surface area contributed by atoms with E-state index in [1.165, 1.54) is 0 Å². The van der Waals surface area contributed by atoms with Crippen LogP contribution in [0, 0.1) is 0 Å². The highest BCUT2D eigenvalue weighted by atomic mass is 79.9. The molecule has 0 radical (unpaired) electrons. The molecule has 0 N–H and O–H groups in total. The van der Waals surface area contributed by atoms with Gasteiger partial charge in [-0.3, -0.25) is 9.48 Å². The van der Waals surface area contributed by atoms with E-state index in [9.17, 15) is 4.79 Å². The largest absolute Gasteiger partial charge is 0.299 e. The fourth-order valence-electron chi connectivity index (χ4n) is 2.31. The average Bonchev–Trinajstić information content (AvgIpc) is 2.86. The molecule has 0 spiro atoms. The van der Waals surface area contributed by atoms with Gasteiger partial charge in [-0.2, -0.15) is 5.10 Å². The maximum atomic E-state index is 12.0. The molecule has 112 valence electrons. The van der Waals surface area contributed by atoms with E-state index in [1.807, 2.05) is 48.1 Å². The molecule has 3 nitrogen and oxygen atoms in total. The van der Waals surface area contributed by atoms with Crippen molar-refractivity contribution < 1.29 is 4.79 Å². The van der Waals surface area contributed by atoms with Gasteiger partial charge in [0, 0.05) is 36.5 Å². The van der Waals surface area contributed by atoms with E-state index in [2.05, 4.69) is 21.0 Å². The zero-order valence-corrected chi connectivity index (χ0v) is 14.0. The number of ketones is 1. The molecule has 0 aliphatic carbocycles. The summed E-state index contributed by atoms with van der Waals surface area (Å²) in [5.74, 6) is 0.298. The second-order valence-electron chi connectivity index (χ2n) is 5.23. The summed E-state index contributed by atoms with van der Waals surface area (Å²) in [7, 11) is 1.90. The third-order valence-electron chi connectivity index (χ3n) is 3.51. The van der Waals surface area contributed by atoms with E-state index in [4.69, 9.17) is 0 Å². The van der Waals surface area contributed by atoms with Crippen molar-refractivity contribution in [3.63, 3.8) is 0 Å². The van der Waals surface area contributed by atoms with Crippen LogP contribution in [0.3, 0.4) is 0 Å². The van der Waals surface area contributed by atoms with Gasteiger partial charge in [-0.15, -0.1) is 0 Å². The van der Waals surface area contributed by atoms with Crippen LogP contribution in [0.25, 0.3) is 11.3 Å². The van der Waals surface area contributed by atoms with Gasteiger partial charge in [0.2, 0.25) is 0 Å². The molecule has 0 atom stereocenters. The number of alkyl halides is 1. The smallest absolute Gasteiger partial charge is 0.138 e. The van der Waals surface area contributed by atoms with Crippen molar-refractivity contribution in [1.29, 1.82) is 0 Å². The fraction of sp³-hybridized carbons (Fsp3) is 0.412. The minimum atomic E-state index is 0.298. The molecule has 0 saturated carbocycles. The first-order chi connectivity index (χ1) is 10.2. The summed E-state index contributed by atoms with van der Waals surface area (Å²) < 4.78 is 1.82. The molecule has 0 aliphatic heterocycles. The molecule has 2 aromatic rings. The molecule has 0 aliphatic rings. The summed E-state index contributed by atoms with van der Waals surface area (Å²) >= 11 is 3.41. The van der Waals surface area contributed by atoms with Gasteiger partial charge in [0.1, 0.15) is 5.78 Å². The number of carbonyl (C=O) groups excluding carboxylic acids is 1. The molecule has 21 heavy (non-hydrogen) atoms. The molecule has 0 amide bonds. The Hall–Kier alpha value is -1.42. The summed E-state index contributed by atoms with van der Waals surface area (Å²) in [6, 6.07) is 12.1.